The van der Waals surface area contributed by atoms with Crippen molar-refractivity contribution in [2.24, 2.45) is 5.41 Å². The van der Waals surface area contributed by atoms with Gasteiger partial charge in [0.2, 0.25) is 0 Å². The maximum Gasteiger partial charge on any atom is 0.126 e. The van der Waals surface area contributed by atoms with Crippen molar-refractivity contribution in [1.82, 2.24) is 5.32 Å². The van der Waals surface area contributed by atoms with Crippen molar-refractivity contribution in [3.63, 3.8) is 0 Å². The lowest BCUT2D eigenvalue weighted by Gasteiger charge is -2.37. The molecule has 0 amide bonds. The van der Waals surface area contributed by atoms with Crippen molar-refractivity contribution >= 4 is 0 Å². The third kappa shape index (κ3) is 5.76. The van der Waals surface area contributed by atoms with E-state index in [0.29, 0.717) is 13.0 Å². The second kappa shape index (κ2) is 8.50. The van der Waals surface area contributed by atoms with E-state index in [-0.39, 0.29) is 23.4 Å². The van der Waals surface area contributed by atoms with Gasteiger partial charge in [-0.05, 0) is 43.4 Å². The van der Waals surface area contributed by atoms with Gasteiger partial charge < -0.3 is 10.1 Å². The Kier molecular flexibility index (Phi) is 7.33. The molecule has 1 aromatic carbocycles. The number of hydrogen-bond acceptors (Lipinski definition) is 2. The van der Waals surface area contributed by atoms with Gasteiger partial charge in [0, 0.05) is 12.6 Å². The normalized spacial score (nSPS) is 15.0. The Morgan fingerprint density at radius 2 is 1.86 bits per heavy atom. The van der Waals surface area contributed by atoms with Crippen molar-refractivity contribution in [1.29, 1.82) is 0 Å². The van der Waals surface area contributed by atoms with Crippen LogP contribution in [-0.2, 0) is 11.2 Å². The minimum Gasteiger partial charge on any atom is -0.376 e. The van der Waals surface area contributed by atoms with Crippen molar-refractivity contribution in [3.8, 4) is 0 Å². The van der Waals surface area contributed by atoms with Gasteiger partial charge in [0.05, 0.1) is 6.10 Å². The fourth-order valence-electron chi connectivity index (χ4n) is 2.67. The molecular weight excluding hydrogens is 265 g/mol. The van der Waals surface area contributed by atoms with Gasteiger partial charge in [-0.15, -0.1) is 0 Å². The highest BCUT2D eigenvalue weighted by Crippen LogP contribution is 2.27. The smallest absolute Gasteiger partial charge is 0.126 e. The summed E-state index contributed by atoms with van der Waals surface area (Å²) in [6, 6.07) is 7.13. The van der Waals surface area contributed by atoms with E-state index < -0.39 is 0 Å². The highest BCUT2D eigenvalue weighted by molar-refractivity contribution is 5.19. The molecule has 0 saturated heterocycles. The molecule has 0 radical (unpaired) electrons. The molecule has 0 aliphatic rings. The highest BCUT2D eigenvalue weighted by atomic mass is 19.1. The average molecular weight is 295 g/mol. The third-order valence-electron chi connectivity index (χ3n) is 3.62. The minimum atomic E-state index is -0.134. The fourth-order valence-corrected chi connectivity index (χ4v) is 2.67. The van der Waals surface area contributed by atoms with Crippen LogP contribution in [-0.4, -0.2) is 25.3 Å². The first kappa shape index (κ1) is 18.1. The lowest BCUT2D eigenvalue weighted by molar-refractivity contribution is -0.0356. The van der Waals surface area contributed by atoms with Gasteiger partial charge in [0.1, 0.15) is 5.82 Å². The molecule has 0 bridgehead atoms. The lowest BCUT2D eigenvalue weighted by Crippen LogP contribution is -2.49. The van der Waals surface area contributed by atoms with Gasteiger partial charge in [-0.3, -0.25) is 0 Å². The first-order valence-corrected chi connectivity index (χ1v) is 7.98. The van der Waals surface area contributed by atoms with Crippen LogP contribution in [0.3, 0.4) is 0 Å². The summed E-state index contributed by atoms with van der Waals surface area (Å²) in [4.78, 5) is 0. The first-order chi connectivity index (χ1) is 9.90. The van der Waals surface area contributed by atoms with Crippen LogP contribution in [0.15, 0.2) is 24.3 Å². The third-order valence-corrected chi connectivity index (χ3v) is 3.62. The second-order valence-electron chi connectivity index (χ2n) is 6.60. The van der Waals surface area contributed by atoms with E-state index in [4.69, 9.17) is 4.74 Å². The zero-order valence-corrected chi connectivity index (χ0v) is 14.1. The molecule has 1 aromatic rings. The summed E-state index contributed by atoms with van der Waals surface area (Å²) >= 11 is 0. The molecule has 3 heteroatoms. The van der Waals surface area contributed by atoms with Crippen LogP contribution in [0.4, 0.5) is 4.39 Å². The maximum absolute atomic E-state index is 13.9. The van der Waals surface area contributed by atoms with Crippen LogP contribution in [0.1, 0.15) is 46.6 Å². The first-order valence-electron chi connectivity index (χ1n) is 7.98. The molecule has 1 N–H and O–H groups in total. The Balaban J connectivity index is 2.94. The Hall–Kier alpha value is -0.930. The highest BCUT2D eigenvalue weighted by Gasteiger charge is 2.33. The number of ether oxygens (including phenoxy) is 1. The largest absolute Gasteiger partial charge is 0.376 e. The molecule has 2 atom stereocenters. The SMILES string of the molecule is CCCNC(Cc1ccccc1F)C(OCC)C(C)(C)C. The molecule has 0 saturated carbocycles. The predicted molar refractivity (Wildman–Crippen MR) is 87.1 cm³/mol. The minimum absolute atomic E-state index is 0.00662. The van der Waals surface area contributed by atoms with Crippen LogP contribution >= 0.6 is 0 Å². The molecule has 0 aliphatic heterocycles. The molecule has 2 unspecified atom stereocenters. The average Bonchev–Trinajstić information content (AvgIpc) is 2.42. The van der Waals surface area contributed by atoms with Crippen LogP contribution in [0.25, 0.3) is 0 Å². The standard InChI is InChI=1S/C18H30FNO/c1-6-12-20-16(17(21-7-2)18(3,4)5)13-14-10-8-9-11-15(14)19/h8-11,16-17,20H,6-7,12-13H2,1-5H3. The van der Waals surface area contributed by atoms with E-state index in [0.717, 1.165) is 18.5 Å². The van der Waals surface area contributed by atoms with Crippen LogP contribution in [0.2, 0.25) is 0 Å². The molecule has 1 rings (SSSR count). The van der Waals surface area contributed by atoms with E-state index in [9.17, 15) is 4.39 Å². The Morgan fingerprint density at radius 3 is 2.38 bits per heavy atom. The summed E-state index contributed by atoms with van der Waals surface area (Å²) in [6.07, 6.45) is 1.75. The molecule has 0 aliphatic carbocycles. The molecule has 0 spiro atoms. The molecule has 0 fully saturated rings. The van der Waals surface area contributed by atoms with Crippen molar-refractivity contribution < 1.29 is 9.13 Å². The van der Waals surface area contributed by atoms with Gasteiger partial charge >= 0.3 is 0 Å². The van der Waals surface area contributed by atoms with Crippen molar-refractivity contribution in [2.75, 3.05) is 13.2 Å². The molecule has 0 aromatic heterocycles. The summed E-state index contributed by atoms with van der Waals surface area (Å²) in [5.74, 6) is -0.134. The monoisotopic (exact) mass is 295 g/mol. The number of hydrogen-bond donors (Lipinski definition) is 1. The predicted octanol–water partition coefficient (Wildman–Crippen LogP) is 4.19. The number of halogens is 1. The van der Waals surface area contributed by atoms with Gasteiger partial charge in [0.15, 0.2) is 0 Å². The number of nitrogens with one attached hydrogen (secondary N) is 1. The number of benzene rings is 1. The topological polar surface area (TPSA) is 21.3 Å². The van der Waals surface area contributed by atoms with E-state index in [1.807, 2.05) is 19.1 Å². The van der Waals surface area contributed by atoms with Gasteiger partial charge in [-0.2, -0.15) is 0 Å². The Labute approximate surface area is 129 Å². The van der Waals surface area contributed by atoms with E-state index in [1.165, 1.54) is 6.07 Å². The maximum atomic E-state index is 13.9. The van der Waals surface area contributed by atoms with Crippen LogP contribution in [0, 0.1) is 11.2 Å². The molecule has 21 heavy (non-hydrogen) atoms. The molecule has 0 heterocycles. The van der Waals surface area contributed by atoms with Gasteiger partial charge in [-0.25, -0.2) is 4.39 Å². The molecule has 2 nitrogen and oxygen atoms in total. The van der Waals surface area contributed by atoms with Crippen LogP contribution in [0.5, 0.6) is 0 Å². The number of rotatable bonds is 8. The summed E-state index contributed by atoms with van der Waals surface area (Å²) in [7, 11) is 0. The second-order valence-corrected chi connectivity index (χ2v) is 6.60. The van der Waals surface area contributed by atoms with E-state index in [1.54, 1.807) is 6.07 Å². The quantitative estimate of drug-likeness (QED) is 0.776. The van der Waals surface area contributed by atoms with Gasteiger partial charge in [-0.1, -0.05) is 45.9 Å². The van der Waals surface area contributed by atoms with Gasteiger partial charge in [0.25, 0.3) is 0 Å². The van der Waals surface area contributed by atoms with E-state index in [2.05, 4.69) is 33.0 Å². The van der Waals surface area contributed by atoms with E-state index >= 15 is 0 Å². The summed E-state index contributed by atoms with van der Waals surface area (Å²) in [6.45, 7) is 12.3. The fraction of sp³-hybridized carbons (Fsp3) is 0.667. The van der Waals surface area contributed by atoms with Crippen molar-refractivity contribution in [3.05, 3.63) is 35.6 Å². The zero-order valence-electron chi connectivity index (χ0n) is 14.1. The Morgan fingerprint density at radius 1 is 1.19 bits per heavy atom. The Bertz CT molecular complexity index is 414. The summed E-state index contributed by atoms with van der Waals surface area (Å²) in [5, 5.41) is 3.54. The van der Waals surface area contributed by atoms with Crippen LogP contribution < -0.4 is 5.32 Å². The summed E-state index contributed by atoms with van der Waals surface area (Å²) in [5.41, 5.74) is 0.757. The summed E-state index contributed by atoms with van der Waals surface area (Å²) < 4.78 is 19.9. The molecular formula is C18H30FNO. The molecule has 120 valence electrons. The van der Waals surface area contributed by atoms with Crippen molar-refractivity contribution in [2.45, 2.75) is 59.6 Å². The lowest BCUT2D eigenvalue weighted by atomic mass is 9.82. The zero-order chi connectivity index (χ0) is 15.9.